The predicted octanol–water partition coefficient (Wildman–Crippen LogP) is 4.80. The smallest absolute Gasteiger partial charge is 0.323 e. The van der Waals surface area contributed by atoms with Gasteiger partial charge in [-0.15, -0.1) is 0 Å². The van der Waals surface area contributed by atoms with Gasteiger partial charge in [-0.05, 0) is 17.9 Å². The van der Waals surface area contributed by atoms with Gasteiger partial charge in [-0.1, -0.05) is 71.5 Å². The van der Waals surface area contributed by atoms with E-state index in [1.807, 2.05) is 0 Å². The molecule has 0 unspecified atom stereocenters. The fourth-order valence-corrected chi connectivity index (χ4v) is 14.6. The van der Waals surface area contributed by atoms with Crippen LogP contribution >= 0.6 is 0 Å². The fraction of sp³-hybridized carbons (Fsp3) is 0.895. The van der Waals surface area contributed by atoms with E-state index in [1.54, 1.807) is 0 Å². The first-order valence-corrected chi connectivity index (χ1v) is 11.5. The predicted molar refractivity (Wildman–Crippen MR) is 99.7 cm³/mol. The molecule has 5 heteroatoms. The molecule has 24 heavy (non-hydrogen) atoms. The van der Waals surface area contributed by atoms with Crippen molar-refractivity contribution >= 4 is 20.0 Å². The highest BCUT2D eigenvalue weighted by Gasteiger charge is 2.64. The lowest BCUT2D eigenvalue weighted by Gasteiger charge is -2.50. The molecule has 0 aliphatic heterocycles. The molecule has 0 saturated heterocycles. The van der Waals surface area contributed by atoms with Gasteiger partial charge in [0.25, 0.3) is 0 Å². The Bertz CT molecular complexity index is 432. The second-order valence-corrected chi connectivity index (χ2v) is 14.6. The molecule has 140 valence electrons. The number of rotatable bonds is 6. The summed E-state index contributed by atoms with van der Waals surface area (Å²) in [6, 6.07) is 0. The zero-order chi connectivity index (χ0) is 18.9. The van der Waals surface area contributed by atoms with E-state index in [2.05, 4.69) is 48.5 Å². The van der Waals surface area contributed by atoms with Crippen molar-refractivity contribution in [2.24, 2.45) is 11.3 Å². The van der Waals surface area contributed by atoms with Gasteiger partial charge in [-0.2, -0.15) is 0 Å². The van der Waals surface area contributed by atoms with Crippen LogP contribution in [0.2, 0.25) is 22.2 Å². The molecule has 0 aromatic rings. The molecule has 0 amide bonds. The molecule has 0 N–H and O–H groups in total. The Kier molecular flexibility index (Phi) is 6.70. The molecule has 1 saturated carbocycles. The minimum atomic E-state index is -1.78. The van der Waals surface area contributed by atoms with Gasteiger partial charge in [0.2, 0.25) is 0 Å². The van der Waals surface area contributed by atoms with Crippen molar-refractivity contribution in [1.29, 1.82) is 0 Å². The van der Waals surface area contributed by atoms with Crippen LogP contribution in [0.4, 0.5) is 0 Å². The highest BCUT2D eigenvalue weighted by molar-refractivity contribution is 6.85. The van der Waals surface area contributed by atoms with E-state index >= 15 is 0 Å². The Labute approximate surface area is 148 Å². The first-order valence-electron chi connectivity index (χ1n) is 9.21. The summed E-state index contributed by atoms with van der Waals surface area (Å²) >= 11 is 0. The second kappa shape index (κ2) is 7.59. The number of methoxy groups -OCH3 is 2. The van der Waals surface area contributed by atoms with Crippen molar-refractivity contribution in [2.45, 2.75) is 83.5 Å². The summed E-state index contributed by atoms with van der Waals surface area (Å²) in [6.45, 7) is 16.0. The van der Waals surface area contributed by atoms with E-state index in [4.69, 9.17) is 9.47 Å². The van der Waals surface area contributed by atoms with Crippen LogP contribution in [-0.2, 0) is 19.1 Å². The number of hydrogen-bond acceptors (Lipinski definition) is 4. The molecule has 4 nitrogen and oxygen atoms in total. The molecular weight excluding hydrogens is 320 g/mol. The summed E-state index contributed by atoms with van der Waals surface area (Å²) in [6.07, 6.45) is 1.45. The molecule has 1 fully saturated rings. The third-order valence-electron chi connectivity index (χ3n) is 6.97. The van der Waals surface area contributed by atoms with Crippen molar-refractivity contribution in [2.75, 3.05) is 14.2 Å². The molecule has 0 spiro atoms. The lowest BCUT2D eigenvalue weighted by Crippen LogP contribution is -2.52. The minimum Gasteiger partial charge on any atom is -0.468 e. The van der Waals surface area contributed by atoms with Gasteiger partial charge in [-0.3, -0.25) is 9.59 Å². The summed E-state index contributed by atoms with van der Waals surface area (Å²) in [5.74, 6) is -0.900. The topological polar surface area (TPSA) is 52.6 Å². The quantitative estimate of drug-likeness (QED) is 0.390. The third-order valence-corrected chi connectivity index (χ3v) is 15.0. The van der Waals surface area contributed by atoms with E-state index in [-0.39, 0.29) is 5.92 Å². The van der Waals surface area contributed by atoms with Crippen LogP contribution < -0.4 is 0 Å². The van der Waals surface area contributed by atoms with Crippen LogP contribution in [0.3, 0.4) is 0 Å². The lowest BCUT2D eigenvalue weighted by molar-refractivity contribution is -0.171. The van der Waals surface area contributed by atoms with Gasteiger partial charge in [0.15, 0.2) is 5.41 Å². The standard InChI is InChI=1S/C19H36O4Si/c1-12(2)24(13(3)4,14(5)6)16-10-11-19(15(16)7,17(20)22-8)18(21)23-9/h12-16H,10-11H2,1-9H3/t15-,16-/m0/s1. The molecule has 2 atom stereocenters. The number of hydrogen-bond donors (Lipinski definition) is 0. The highest BCUT2D eigenvalue weighted by atomic mass is 28.3. The zero-order valence-corrected chi connectivity index (χ0v) is 17.9. The number of ether oxygens (including phenoxy) is 2. The molecule has 1 aliphatic carbocycles. The lowest BCUT2D eigenvalue weighted by atomic mass is 9.78. The number of carbonyl (C=O) groups excluding carboxylic acids is 2. The van der Waals surface area contributed by atoms with Gasteiger partial charge in [0.1, 0.15) is 0 Å². The van der Waals surface area contributed by atoms with Crippen LogP contribution in [0, 0.1) is 11.3 Å². The monoisotopic (exact) mass is 356 g/mol. The maximum absolute atomic E-state index is 12.6. The third kappa shape index (κ3) is 2.83. The summed E-state index contributed by atoms with van der Waals surface area (Å²) in [7, 11) is 0.953. The van der Waals surface area contributed by atoms with Crippen LogP contribution in [0.5, 0.6) is 0 Å². The van der Waals surface area contributed by atoms with Gasteiger partial charge in [0, 0.05) is 0 Å². The SMILES string of the molecule is COC(=O)C1(C(=O)OC)CC[C@H]([Si](C(C)C)(C(C)C)C(C)C)[C@@H]1C. The van der Waals surface area contributed by atoms with Gasteiger partial charge < -0.3 is 9.47 Å². The van der Waals surface area contributed by atoms with Crippen molar-refractivity contribution in [3.63, 3.8) is 0 Å². The fourth-order valence-electron chi connectivity index (χ4n) is 6.20. The molecule has 0 aromatic heterocycles. The largest absolute Gasteiger partial charge is 0.468 e. The maximum Gasteiger partial charge on any atom is 0.323 e. The van der Waals surface area contributed by atoms with E-state index in [1.165, 1.54) is 14.2 Å². The van der Waals surface area contributed by atoms with Gasteiger partial charge in [0.05, 0.1) is 22.3 Å². The number of esters is 2. The normalized spacial score (nSPS) is 23.8. The Balaban J connectivity index is 3.48. The zero-order valence-electron chi connectivity index (χ0n) is 16.9. The van der Waals surface area contributed by atoms with Crippen molar-refractivity contribution < 1.29 is 19.1 Å². The van der Waals surface area contributed by atoms with Crippen LogP contribution in [0.15, 0.2) is 0 Å². The molecule has 0 heterocycles. The second-order valence-electron chi connectivity index (χ2n) is 8.35. The Morgan fingerprint density at radius 3 is 1.58 bits per heavy atom. The van der Waals surface area contributed by atoms with Gasteiger partial charge >= 0.3 is 11.9 Å². The summed E-state index contributed by atoms with van der Waals surface area (Å²) in [5, 5.41) is 0. The Hall–Kier alpha value is -0.843. The summed E-state index contributed by atoms with van der Waals surface area (Å²) < 4.78 is 10.1. The summed E-state index contributed by atoms with van der Waals surface area (Å²) in [5.41, 5.74) is 1.06. The van der Waals surface area contributed by atoms with Crippen molar-refractivity contribution in [1.82, 2.24) is 0 Å². The van der Waals surface area contributed by atoms with E-state index in [0.717, 1.165) is 6.42 Å². The highest BCUT2D eigenvalue weighted by Crippen LogP contribution is 2.62. The molecular formula is C19H36O4Si. The van der Waals surface area contributed by atoms with Crippen molar-refractivity contribution in [3.8, 4) is 0 Å². The minimum absolute atomic E-state index is 0.0451. The van der Waals surface area contributed by atoms with Crippen LogP contribution in [-0.4, -0.2) is 34.2 Å². The molecule has 0 aromatic carbocycles. The Morgan fingerprint density at radius 2 is 1.29 bits per heavy atom. The molecule has 0 radical (unpaired) electrons. The van der Waals surface area contributed by atoms with E-state index in [9.17, 15) is 9.59 Å². The number of carbonyl (C=O) groups is 2. The van der Waals surface area contributed by atoms with Crippen LogP contribution in [0.25, 0.3) is 0 Å². The first kappa shape index (κ1) is 21.2. The Morgan fingerprint density at radius 1 is 0.917 bits per heavy atom. The van der Waals surface area contributed by atoms with Crippen LogP contribution in [0.1, 0.15) is 61.3 Å². The average molecular weight is 357 g/mol. The average Bonchev–Trinajstić information content (AvgIpc) is 2.84. The van der Waals surface area contributed by atoms with Gasteiger partial charge in [-0.25, -0.2) is 0 Å². The molecule has 1 rings (SSSR count). The maximum atomic E-state index is 12.6. The van der Waals surface area contributed by atoms with Crippen molar-refractivity contribution in [3.05, 3.63) is 0 Å². The molecule has 1 aliphatic rings. The summed E-state index contributed by atoms with van der Waals surface area (Å²) in [4.78, 5) is 25.2. The van der Waals surface area contributed by atoms with E-state index < -0.39 is 25.4 Å². The van der Waals surface area contributed by atoms with E-state index in [0.29, 0.717) is 28.6 Å². The molecule has 0 bridgehead atoms. The first-order chi connectivity index (χ1) is 11.0.